The maximum atomic E-state index is 12.5. The summed E-state index contributed by atoms with van der Waals surface area (Å²) >= 11 is 5.97. The van der Waals surface area contributed by atoms with E-state index < -0.39 is 6.04 Å². The van der Waals surface area contributed by atoms with Crippen LogP contribution in [0.2, 0.25) is 5.02 Å². The van der Waals surface area contributed by atoms with Crippen LogP contribution >= 0.6 is 24.0 Å². The number of halogens is 2. The van der Waals surface area contributed by atoms with Crippen molar-refractivity contribution < 1.29 is 4.79 Å². The molecular formula is C17H27Cl2N3O. The second kappa shape index (κ2) is 7.73. The molecule has 1 aliphatic rings. The maximum absolute atomic E-state index is 12.5. The highest BCUT2D eigenvalue weighted by molar-refractivity contribution is 6.30. The Morgan fingerprint density at radius 2 is 1.78 bits per heavy atom. The molecule has 0 aromatic heterocycles. The number of hydrogen-bond acceptors (Lipinski definition) is 3. The summed E-state index contributed by atoms with van der Waals surface area (Å²) in [4.78, 5) is 16.7. The third-order valence-electron chi connectivity index (χ3n) is 4.36. The Morgan fingerprint density at radius 3 is 2.26 bits per heavy atom. The number of carbonyl (C=O) groups excluding carboxylic acids is 1. The highest BCUT2D eigenvalue weighted by Gasteiger charge is 2.37. The molecular weight excluding hydrogens is 333 g/mol. The Morgan fingerprint density at radius 1 is 1.22 bits per heavy atom. The smallest absolute Gasteiger partial charge is 0.239 e. The van der Waals surface area contributed by atoms with E-state index >= 15 is 0 Å². The van der Waals surface area contributed by atoms with E-state index in [9.17, 15) is 4.79 Å². The van der Waals surface area contributed by atoms with Crippen LogP contribution in [-0.2, 0) is 4.79 Å². The number of piperazine rings is 1. The van der Waals surface area contributed by atoms with E-state index in [2.05, 4.69) is 18.7 Å². The second-order valence-corrected chi connectivity index (χ2v) is 7.41. The number of amides is 1. The molecule has 1 heterocycles. The van der Waals surface area contributed by atoms with Crippen molar-refractivity contribution >= 4 is 35.6 Å². The van der Waals surface area contributed by atoms with E-state index in [0.29, 0.717) is 13.1 Å². The fraction of sp³-hybridized carbons (Fsp3) is 0.588. The van der Waals surface area contributed by atoms with Crippen LogP contribution in [0.1, 0.15) is 27.7 Å². The summed E-state index contributed by atoms with van der Waals surface area (Å²) in [6.07, 6.45) is 0. The minimum absolute atomic E-state index is 0. The summed E-state index contributed by atoms with van der Waals surface area (Å²) in [7, 11) is 0. The molecule has 1 aromatic carbocycles. The van der Waals surface area contributed by atoms with E-state index in [4.69, 9.17) is 17.3 Å². The highest BCUT2D eigenvalue weighted by Crippen LogP contribution is 2.29. The summed E-state index contributed by atoms with van der Waals surface area (Å²) < 4.78 is 0. The Balaban J connectivity index is 0.00000264. The summed E-state index contributed by atoms with van der Waals surface area (Å²) in [6, 6.07) is 7.44. The average molecular weight is 360 g/mol. The number of nitrogens with zero attached hydrogens (tertiary/aromatic N) is 2. The molecule has 0 radical (unpaired) electrons. The van der Waals surface area contributed by atoms with Crippen molar-refractivity contribution in [2.45, 2.75) is 39.3 Å². The van der Waals surface area contributed by atoms with Gasteiger partial charge in [0.15, 0.2) is 0 Å². The second-order valence-electron chi connectivity index (χ2n) is 6.97. The zero-order chi connectivity index (χ0) is 16.5. The van der Waals surface area contributed by atoms with Crippen LogP contribution in [0.15, 0.2) is 24.3 Å². The fourth-order valence-electron chi connectivity index (χ4n) is 2.94. The van der Waals surface area contributed by atoms with E-state index in [1.165, 1.54) is 0 Å². The zero-order valence-electron chi connectivity index (χ0n) is 14.3. The Labute approximate surface area is 150 Å². The number of carbonyl (C=O) groups is 1. The third-order valence-corrected chi connectivity index (χ3v) is 4.61. The lowest BCUT2D eigenvalue weighted by Gasteiger charge is -2.49. The molecule has 1 atom stereocenters. The monoisotopic (exact) mass is 359 g/mol. The first kappa shape index (κ1) is 20.1. The molecule has 23 heavy (non-hydrogen) atoms. The molecule has 130 valence electrons. The first-order valence-electron chi connectivity index (χ1n) is 7.80. The Bertz CT molecular complexity index is 531. The van der Waals surface area contributed by atoms with Gasteiger partial charge in [-0.15, -0.1) is 12.4 Å². The molecule has 0 spiro atoms. The molecule has 1 amide bonds. The van der Waals surface area contributed by atoms with E-state index in [0.717, 1.165) is 17.3 Å². The van der Waals surface area contributed by atoms with Crippen LogP contribution in [0.4, 0.5) is 5.69 Å². The SMILES string of the molecule is CC(C)C(N)C(=O)N1CCN(c2ccc(Cl)cc2)C(C)(C)C1.Cl. The van der Waals surface area contributed by atoms with Crippen molar-refractivity contribution in [1.29, 1.82) is 0 Å². The number of hydrogen-bond donors (Lipinski definition) is 1. The van der Waals surface area contributed by atoms with Crippen molar-refractivity contribution in [3.05, 3.63) is 29.3 Å². The van der Waals surface area contributed by atoms with Gasteiger partial charge in [0.05, 0.1) is 11.6 Å². The van der Waals surface area contributed by atoms with Crippen molar-refractivity contribution in [3.8, 4) is 0 Å². The minimum atomic E-state index is -0.419. The van der Waals surface area contributed by atoms with Gasteiger partial charge in [-0.1, -0.05) is 25.4 Å². The molecule has 1 fully saturated rings. The minimum Gasteiger partial charge on any atom is -0.363 e. The van der Waals surface area contributed by atoms with Crippen LogP contribution < -0.4 is 10.6 Å². The van der Waals surface area contributed by atoms with E-state index in [-0.39, 0.29) is 29.8 Å². The molecule has 1 saturated heterocycles. The third kappa shape index (κ3) is 4.52. The van der Waals surface area contributed by atoms with Gasteiger partial charge in [0, 0.05) is 30.3 Å². The van der Waals surface area contributed by atoms with E-state index in [1.807, 2.05) is 43.0 Å². The lowest BCUT2D eigenvalue weighted by atomic mass is 9.96. The van der Waals surface area contributed by atoms with Crippen LogP contribution in [-0.4, -0.2) is 42.0 Å². The lowest BCUT2D eigenvalue weighted by molar-refractivity contribution is -0.135. The van der Waals surface area contributed by atoms with Gasteiger partial charge in [-0.25, -0.2) is 0 Å². The summed E-state index contributed by atoms with van der Waals surface area (Å²) in [5.74, 6) is 0.212. The molecule has 6 heteroatoms. The topological polar surface area (TPSA) is 49.6 Å². The van der Waals surface area contributed by atoms with Crippen molar-refractivity contribution in [1.82, 2.24) is 4.90 Å². The van der Waals surface area contributed by atoms with Crippen molar-refractivity contribution in [2.75, 3.05) is 24.5 Å². The first-order valence-corrected chi connectivity index (χ1v) is 8.18. The largest absolute Gasteiger partial charge is 0.363 e. The van der Waals surface area contributed by atoms with Crippen molar-refractivity contribution in [3.63, 3.8) is 0 Å². The molecule has 4 nitrogen and oxygen atoms in total. The molecule has 0 saturated carbocycles. The van der Waals surface area contributed by atoms with Gasteiger partial charge in [0.1, 0.15) is 0 Å². The van der Waals surface area contributed by atoms with Gasteiger partial charge >= 0.3 is 0 Å². The summed E-state index contributed by atoms with van der Waals surface area (Å²) in [6.45, 7) is 10.4. The predicted molar refractivity (Wildman–Crippen MR) is 99.5 cm³/mol. The van der Waals surface area contributed by atoms with E-state index in [1.54, 1.807) is 0 Å². The molecule has 1 aliphatic heterocycles. The van der Waals surface area contributed by atoms with Gasteiger partial charge in [0.25, 0.3) is 0 Å². The Hall–Kier alpha value is -0.970. The van der Waals surface area contributed by atoms with Crippen LogP contribution in [0.5, 0.6) is 0 Å². The molecule has 1 aromatic rings. The molecule has 2 N–H and O–H groups in total. The van der Waals surface area contributed by atoms with Gasteiger partial charge in [-0.3, -0.25) is 4.79 Å². The van der Waals surface area contributed by atoms with Crippen molar-refractivity contribution in [2.24, 2.45) is 11.7 Å². The summed E-state index contributed by atoms with van der Waals surface area (Å²) in [5, 5.41) is 0.735. The highest BCUT2D eigenvalue weighted by atomic mass is 35.5. The zero-order valence-corrected chi connectivity index (χ0v) is 15.8. The van der Waals surface area contributed by atoms with Crippen LogP contribution in [0.3, 0.4) is 0 Å². The Kier molecular flexibility index (Phi) is 6.75. The number of benzene rings is 1. The first-order chi connectivity index (χ1) is 10.2. The number of anilines is 1. The van der Waals surface area contributed by atoms with Gasteiger partial charge in [0.2, 0.25) is 5.91 Å². The summed E-state index contributed by atoms with van der Waals surface area (Å²) in [5.41, 5.74) is 7.02. The van der Waals surface area contributed by atoms with Crippen LogP contribution in [0, 0.1) is 5.92 Å². The quantitative estimate of drug-likeness (QED) is 0.901. The van der Waals surface area contributed by atoms with Crippen LogP contribution in [0.25, 0.3) is 0 Å². The predicted octanol–water partition coefficient (Wildman–Crippen LogP) is 3.17. The molecule has 2 rings (SSSR count). The lowest BCUT2D eigenvalue weighted by Crippen LogP contribution is -2.63. The fourth-order valence-corrected chi connectivity index (χ4v) is 3.06. The maximum Gasteiger partial charge on any atom is 0.239 e. The average Bonchev–Trinajstić information content (AvgIpc) is 2.45. The van der Waals surface area contributed by atoms with Gasteiger partial charge in [-0.05, 0) is 44.0 Å². The normalized spacial score (nSPS) is 18.6. The van der Waals surface area contributed by atoms with Gasteiger partial charge < -0.3 is 15.5 Å². The number of nitrogens with two attached hydrogens (primary N) is 1. The molecule has 0 bridgehead atoms. The molecule has 0 aliphatic carbocycles. The number of rotatable bonds is 3. The standard InChI is InChI=1S/C17H26ClN3O.ClH/c1-12(2)15(19)16(22)20-9-10-21(17(3,4)11-20)14-7-5-13(18)6-8-14;/h5-8,12,15H,9-11,19H2,1-4H3;1H. The van der Waals surface area contributed by atoms with Gasteiger partial charge in [-0.2, -0.15) is 0 Å². The molecule has 1 unspecified atom stereocenters.